The molecule has 1 aromatic rings. The normalized spacial score (nSPS) is 17.2. The van der Waals surface area contributed by atoms with Crippen LogP contribution in [0.3, 0.4) is 0 Å². The zero-order valence-electron chi connectivity index (χ0n) is 8.06. The number of anilines is 1. The topological polar surface area (TPSA) is 34.0 Å². The van der Waals surface area contributed by atoms with Crippen molar-refractivity contribution in [1.82, 2.24) is 14.8 Å². The fraction of sp³-hybridized carbons (Fsp3) is 0.556. The largest absolute Gasteiger partial charge is 0.339 e. The summed E-state index contributed by atoms with van der Waals surface area (Å²) in [5.74, 6) is 2.43. The maximum atomic E-state index is 4.34. The summed E-state index contributed by atoms with van der Waals surface area (Å²) in [6.07, 6.45) is 1.72. The predicted molar refractivity (Wildman–Crippen MR) is 52.5 cm³/mol. The summed E-state index contributed by atoms with van der Waals surface area (Å²) in [5, 5.41) is 4.30. The second kappa shape index (κ2) is 2.87. The van der Waals surface area contributed by atoms with E-state index in [0.717, 1.165) is 30.8 Å². The molecule has 0 aromatic carbocycles. The van der Waals surface area contributed by atoms with Crippen LogP contribution in [0, 0.1) is 5.92 Å². The van der Waals surface area contributed by atoms with Crippen LogP contribution in [0.25, 0.3) is 6.08 Å². The molecular weight excluding hydrogens is 164 g/mol. The monoisotopic (exact) mass is 178 g/mol. The van der Waals surface area contributed by atoms with Crippen molar-refractivity contribution in [3.8, 4) is 0 Å². The Morgan fingerprint density at radius 2 is 2.23 bits per heavy atom. The van der Waals surface area contributed by atoms with E-state index in [2.05, 4.69) is 28.5 Å². The molecule has 0 saturated carbocycles. The van der Waals surface area contributed by atoms with E-state index in [1.165, 1.54) is 0 Å². The first kappa shape index (κ1) is 8.29. The van der Waals surface area contributed by atoms with Gasteiger partial charge in [-0.15, -0.1) is 5.10 Å². The van der Waals surface area contributed by atoms with E-state index >= 15 is 0 Å². The van der Waals surface area contributed by atoms with E-state index in [-0.39, 0.29) is 0 Å². The summed E-state index contributed by atoms with van der Waals surface area (Å²) in [7, 11) is 1.89. The van der Waals surface area contributed by atoms with Gasteiger partial charge in [0.25, 0.3) is 0 Å². The van der Waals surface area contributed by atoms with Gasteiger partial charge in [0.1, 0.15) is 0 Å². The SMILES string of the molecule is C=Cc1nc(N2CC(C)C2)nn1C. The molecule has 0 spiro atoms. The van der Waals surface area contributed by atoms with Crippen LogP contribution < -0.4 is 4.90 Å². The summed E-state index contributed by atoms with van der Waals surface area (Å²) < 4.78 is 1.76. The fourth-order valence-corrected chi connectivity index (χ4v) is 1.56. The lowest BCUT2D eigenvalue weighted by molar-refractivity contribution is 0.438. The lowest BCUT2D eigenvalue weighted by Crippen LogP contribution is -2.45. The van der Waals surface area contributed by atoms with Gasteiger partial charge in [-0.3, -0.25) is 0 Å². The van der Waals surface area contributed by atoms with Gasteiger partial charge in [-0.1, -0.05) is 13.5 Å². The van der Waals surface area contributed by atoms with Crippen molar-refractivity contribution < 1.29 is 0 Å². The number of nitrogens with zero attached hydrogens (tertiary/aromatic N) is 4. The molecular formula is C9H14N4. The molecule has 0 unspecified atom stereocenters. The summed E-state index contributed by atoms with van der Waals surface area (Å²) in [6, 6.07) is 0. The zero-order valence-corrected chi connectivity index (χ0v) is 8.06. The second-order valence-corrected chi connectivity index (χ2v) is 3.61. The molecule has 0 aliphatic carbocycles. The molecule has 0 N–H and O–H groups in total. The van der Waals surface area contributed by atoms with Crippen LogP contribution in [0.4, 0.5) is 5.95 Å². The van der Waals surface area contributed by atoms with Crippen LogP contribution in [0.15, 0.2) is 6.58 Å². The summed E-state index contributed by atoms with van der Waals surface area (Å²) in [5.41, 5.74) is 0. The van der Waals surface area contributed by atoms with Crippen LogP contribution >= 0.6 is 0 Å². The Bertz CT molecular complexity index is 322. The van der Waals surface area contributed by atoms with E-state index in [1.807, 2.05) is 7.05 Å². The Hall–Kier alpha value is -1.32. The average molecular weight is 178 g/mol. The van der Waals surface area contributed by atoms with Crippen LogP contribution in [-0.2, 0) is 7.05 Å². The summed E-state index contributed by atoms with van der Waals surface area (Å²) >= 11 is 0. The van der Waals surface area contributed by atoms with E-state index in [0.29, 0.717) is 0 Å². The Morgan fingerprint density at radius 3 is 2.69 bits per heavy atom. The number of rotatable bonds is 2. The highest BCUT2D eigenvalue weighted by molar-refractivity contribution is 5.42. The molecule has 1 fully saturated rings. The highest BCUT2D eigenvalue weighted by atomic mass is 15.4. The molecule has 0 atom stereocenters. The Balaban J connectivity index is 2.17. The van der Waals surface area contributed by atoms with Crippen LogP contribution in [0.5, 0.6) is 0 Å². The minimum Gasteiger partial charge on any atom is -0.339 e. The van der Waals surface area contributed by atoms with E-state index in [4.69, 9.17) is 0 Å². The molecule has 1 aromatic heterocycles. The maximum absolute atomic E-state index is 4.34. The molecule has 1 saturated heterocycles. The highest BCUT2D eigenvalue weighted by Gasteiger charge is 2.25. The Kier molecular flexibility index (Phi) is 1.83. The van der Waals surface area contributed by atoms with Gasteiger partial charge in [0.2, 0.25) is 5.95 Å². The van der Waals surface area contributed by atoms with E-state index < -0.39 is 0 Å². The third kappa shape index (κ3) is 1.32. The van der Waals surface area contributed by atoms with Gasteiger partial charge >= 0.3 is 0 Å². The van der Waals surface area contributed by atoms with Crippen molar-refractivity contribution in [2.75, 3.05) is 18.0 Å². The summed E-state index contributed by atoms with van der Waals surface area (Å²) in [6.45, 7) is 8.05. The van der Waals surface area contributed by atoms with Crippen molar-refractivity contribution in [2.45, 2.75) is 6.92 Å². The standard InChI is InChI=1S/C9H14N4/c1-4-8-10-9(11-12(8)3)13-5-7(2)6-13/h4,7H,1,5-6H2,2-3H3. The number of hydrogen-bond donors (Lipinski definition) is 0. The van der Waals surface area contributed by atoms with Crippen LogP contribution in [-0.4, -0.2) is 27.9 Å². The summed E-state index contributed by atoms with van der Waals surface area (Å²) in [4.78, 5) is 6.52. The molecule has 2 heterocycles. The van der Waals surface area contributed by atoms with Crippen molar-refractivity contribution in [3.63, 3.8) is 0 Å². The van der Waals surface area contributed by atoms with Gasteiger partial charge in [0, 0.05) is 20.1 Å². The first-order chi connectivity index (χ1) is 6.20. The van der Waals surface area contributed by atoms with Gasteiger partial charge in [0.05, 0.1) is 0 Å². The number of aryl methyl sites for hydroxylation is 1. The van der Waals surface area contributed by atoms with Crippen molar-refractivity contribution in [2.24, 2.45) is 13.0 Å². The molecule has 0 amide bonds. The highest BCUT2D eigenvalue weighted by Crippen LogP contribution is 2.20. The first-order valence-corrected chi connectivity index (χ1v) is 4.49. The minimum absolute atomic E-state index is 0.774. The van der Waals surface area contributed by atoms with E-state index in [9.17, 15) is 0 Å². The first-order valence-electron chi connectivity index (χ1n) is 4.49. The lowest BCUT2D eigenvalue weighted by Gasteiger charge is -2.36. The van der Waals surface area contributed by atoms with Gasteiger partial charge in [-0.2, -0.15) is 4.98 Å². The molecule has 0 radical (unpaired) electrons. The smallest absolute Gasteiger partial charge is 0.245 e. The van der Waals surface area contributed by atoms with Crippen LogP contribution in [0.2, 0.25) is 0 Å². The number of aromatic nitrogens is 3. The molecule has 4 nitrogen and oxygen atoms in total. The Morgan fingerprint density at radius 1 is 1.54 bits per heavy atom. The minimum atomic E-state index is 0.774. The molecule has 4 heteroatoms. The lowest BCUT2D eigenvalue weighted by atomic mass is 10.0. The van der Waals surface area contributed by atoms with Crippen molar-refractivity contribution >= 4 is 12.0 Å². The third-order valence-corrected chi connectivity index (χ3v) is 2.32. The fourth-order valence-electron chi connectivity index (χ4n) is 1.56. The van der Waals surface area contributed by atoms with Gasteiger partial charge in [-0.05, 0) is 12.0 Å². The molecule has 1 aliphatic rings. The second-order valence-electron chi connectivity index (χ2n) is 3.61. The van der Waals surface area contributed by atoms with Crippen LogP contribution in [0.1, 0.15) is 12.7 Å². The molecule has 70 valence electrons. The molecule has 2 rings (SSSR count). The maximum Gasteiger partial charge on any atom is 0.245 e. The average Bonchev–Trinajstić information content (AvgIpc) is 2.41. The molecule has 0 bridgehead atoms. The van der Waals surface area contributed by atoms with Gasteiger partial charge in [-0.25, -0.2) is 4.68 Å². The van der Waals surface area contributed by atoms with E-state index in [1.54, 1.807) is 10.8 Å². The predicted octanol–water partition coefficient (Wildman–Crippen LogP) is 0.914. The van der Waals surface area contributed by atoms with Gasteiger partial charge in [0.15, 0.2) is 5.82 Å². The zero-order chi connectivity index (χ0) is 9.42. The molecule has 1 aliphatic heterocycles. The van der Waals surface area contributed by atoms with Crippen molar-refractivity contribution in [1.29, 1.82) is 0 Å². The number of hydrogen-bond acceptors (Lipinski definition) is 3. The Labute approximate surface area is 77.9 Å². The van der Waals surface area contributed by atoms with Crippen molar-refractivity contribution in [3.05, 3.63) is 12.4 Å². The molecule has 13 heavy (non-hydrogen) atoms. The third-order valence-electron chi connectivity index (χ3n) is 2.32. The quantitative estimate of drug-likeness (QED) is 0.675. The van der Waals surface area contributed by atoms with Gasteiger partial charge < -0.3 is 4.90 Å².